The average Bonchev–Trinajstić information content (AvgIpc) is 2.99. The van der Waals surface area contributed by atoms with Crippen molar-refractivity contribution < 1.29 is 13.2 Å². The van der Waals surface area contributed by atoms with Crippen LogP contribution in [0, 0.1) is 5.41 Å². The molecule has 2 saturated heterocycles. The third kappa shape index (κ3) is 5.55. The summed E-state index contributed by atoms with van der Waals surface area (Å²) in [4.78, 5) is 6.56. The number of likely N-dealkylation sites (tertiary alicyclic amines) is 1. The molecule has 0 aromatic heterocycles. The lowest BCUT2D eigenvalue weighted by atomic mass is 9.87. The van der Waals surface area contributed by atoms with Gasteiger partial charge in [0.1, 0.15) is 9.84 Å². The molecule has 1 N–H and O–H groups in total. The molecule has 0 aliphatic carbocycles. The summed E-state index contributed by atoms with van der Waals surface area (Å²) in [6, 6.07) is 0. The van der Waals surface area contributed by atoms with Crippen LogP contribution in [0.1, 0.15) is 19.3 Å². The zero-order valence-electron chi connectivity index (χ0n) is 12.8. The van der Waals surface area contributed by atoms with Crippen LogP contribution in [0.2, 0.25) is 0 Å². The molecular formula is C13H26IN3O3S. The molecule has 0 bridgehead atoms. The van der Waals surface area contributed by atoms with Crippen molar-refractivity contribution in [2.45, 2.75) is 19.3 Å². The van der Waals surface area contributed by atoms with Crippen molar-refractivity contribution in [3.8, 4) is 0 Å². The molecule has 2 fully saturated rings. The number of aliphatic imine (C=N–C) groups is 1. The zero-order chi connectivity index (χ0) is 14.6. The van der Waals surface area contributed by atoms with Crippen LogP contribution >= 0.6 is 24.0 Å². The first-order chi connectivity index (χ1) is 9.44. The van der Waals surface area contributed by atoms with E-state index in [-0.39, 0.29) is 29.7 Å². The molecule has 1 atom stereocenters. The van der Waals surface area contributed by atoms with E-state index in [9.17, 15) is 8.42 Å². The number of guanidine groups is 1. The molecule has 0 amide bonds. The highest BCUT2D eigenvalue weighted by Gasteiger charge is 2.42. The van der Waals surface area contributed by atoms with Gasteiger partial charge >= 0.3 is 0 Å². The zero-order valence-corrected chi connectivity index (χ0v) is 15.9. The van der Waals surface area contributed by atoms with Crippen molar-refractivity contribution in [2.75, 3.05) is 51.9 Å². The molecule has 2 rings (SSSR count). The summed E-state index contributed by atoms with van der Waals surface area (Å²) < 4.78 is 27.7. The fraction of sp³-hybridized carbons (Fsp3) is 0.923. The topological polar surface area (TPSA) is 71.0 Å². The van der Waals surface area contributed by atoms with Gasteiger partial charge in [0.15, 0.2) is 5.96 Å². The number of sulfone groups is 1. The second-order valence-electron chi connectivity index (χ2n) is 5.93. The highest BCUT2D eigenvalue weighted by atomic mass is 127. The van der Waals surface area contributed by atoms with Crippen molar-refractivity contribution in [3.63, 3.8) is 0 Å². The summed E-state index contributed by atoms with van der Waals surface area (Å²) in [5.74, 6) is 1.09. The van der Waals surface area contributed by atoms with Crippen molar-refractivity contribution in [3.05, 3.63) is 0 Å². The SMILES string of the molecule is CN=C(NCCCS(C)(=O)=O)N1CCC2(CCOC2)C1.I. The first-order valence-corrected chi connectivity index (χ1v) is 9.21. The predicted molar refractivity (Wildman–Crippen MR) is 95.2 cm³/mol. The van der Waals surface area contributed by atoms with E-state index in [0.29, 0.717) is 18.4 Å². The van der Waals surface area contributed by atoms with Crippen LogP contribution in [0.3, 0.4) is 0 Å². The highest BCUT2D eigenvalue weighted by Crippen LogP contribution is 2.38. The minimum atomic E-state index is -2.88. The molecule has 0 aromatic carbocycles. The molecule has 0 aromatic rings. The Labute approximate surface area is 144 Å². The summed E-state index contributed by atoms with van der Waals surface area (Å²) in [7, 11) is -1.10. The van der Waals surface area contributed by atoms with Gasteiger partial charge in [0, 0.05) is 45.0 Å². The van der Waals surface area contributed by atoms with Gasteiger partial charge in [-0.25, -0.2) is 8.42 Å². The number of rotatable bonds is 4. The first kappa shape index (κ1) is 19.0. The lowest BCUT2D eigenvalue weighted by molar-refractivity contribution is 0.156. The Balaban J connectivity index is 0.00000220. The van der Waals surface area contributed by atoms with Crippen LogP contribution in [-0.2, 0) is 14.6 Å². The number of hydrogen-bond donors (Lipinski definition) is 1. The maximum atomic E-state index is 11.1. The lowest BCUT2D eigenvalue weighted by Gasteiger charge is -2.24. The molecule has 2 aliphatic heterocycles. The van der Waals surface area contributed by atoms with Gasteiger partial charge in [0.2, 0.25) is 0 Å². The molecule has 2 aliphatic rings. The van der Waals surface area contributed by atoms with Crippen molar-refractivity contribution >= 4 is 39.8 Å². The third-order valence-corrected chi connectivity index (χ3v) is 5.14. The maximum absolute atomic E-state index is 11.1. The second kappa shape index (κ2) is 7.96. The first-order valence-electron chi connectivity index (χ1n) is 7.15. The number of halogens is 1. The Bertz CT molecular complexity index is 461. The second-order valence-corrected chi connectivity index (χ2v) is 8.19. The number of nitrogens with one attached hydrogen (secondary N) is 1. The highest BCUT2D eigenvalue weighted by molar-refractivity contribution is 14.0. The molecule has 1 unspecified atom stereocenters. The smallest absolute Gasteiger partial charge is 0.193 e. The summed E-state index contributed by atoms with van der Waals surface area (Å²) >= 11 is 0. The van der Waals surface area contributed by atoms with Crippen molar-refractivity contribution in [1.29, 1.82) is 0 Å². The number of hydrogen-bond acceptors (Lipinski definition) is 4. The van der Waals surface area contributed by atoms with Gasteiger partial charge in [-0.2, -0.15) is 0 Å². The largest absolute Gasteiger partial charge is 0.381 e. The van der Waals surface area contributed by atoms with E-state index in [1.165, 1.54) is 6.26 Å². The van der Waals surface area contributed by atoms with E-state index in [2.05, 4.69) is 15.2 Å². The summed E-state index contributed by atoms with van der Waals surface area (Å²) in [6.07, 6.45) is 4.16. The maximum Gasteiger partial charge on any atom is 0.193 e. The van der Waals surface area contributed by atoms with Gasteiger partial charge in [-0.05, 0) is 19.3 Å². The van der Waals surface area contributed by atoms with Crippen LogP contribution in [0.25, 0.3) is 0 Å². The summed E-state index contributed by atoms with van der Waals surface area (Å²) in [6.45, 7) is 4.34. The van der Waals surface area contributed by atoms with Gasteiger partial charge in [0.05, 0.1) is 12.4 Å². The van der Waals surface area contributed by atoms with E-state index in [1.54, 1.807) is 7.05 Å². The van der Waals surface area contributed by atoms with Gasteiger partial charge in [-0.15, -0.1) is 24.0 Å². The summed E-state index contributed by atoms with van der Waals surface area (Å²) in [5, 5.41) is 3.26. The molecule has 2 heterocycles. The monoisotopic (exact) mass is 431 g/mol. The Kier molecular flexibility index (Phi) is 7.18. The number of ether oxygens (including phenoxy) is 1. The van der Waals surface area contributed by atoms with E-state index in [4.69, 9.17) is 4.74 Å². The fourth-order valence-electron chi connectivity index (χ4n) is 2.95. The van der Waals surface area contributed by atoms with Crippen LogP contribution in [-0.4, -0.2) is 71.2 Å². The predicted octanol–water partition coefficient (Wildman–Crippen LogP) is 0.727. The Morgan fingerprint density at radius 2 is 2.19 bits per heavy atom. The molecular weight excluding hydrogens is 405 g/mol. The molecule has 0 saturated carbocycles. The van der Waals surface area contributed by atoms with Crippen molar-refractivity contribution in [2.24, 2.45) is 10.4 Å². The number of nitrogens with zero attached hydrogens (tertiary/aromatic N) is 2. The molecule has 1 spiro atoms. The van der Waals surface area contributed by atoms with Crippen LogP contribution in [0.5, 0.6) is 0 Å². The quantitative estimate of drug-likeness (QED) is 0.308. The normalized spacial score (nSPS) is 26.2. The third-order valence-electron chi connectivity index (χ3n) is 4.11. The van der Waals surface area contributed by atoms with E-state index < -0.39 is 9.84 Å². The fourth-order valence-corrected chi connectivity index (χ4v) is 3.62. The Morgan fingerprint density at radius 3 is 2.76 bits per heavy atom. The van der Waals surface area contributed by atoms with Gasteiger partial charge in [-0.3, -0.25) is 4.99 Å². The molecule has 6 nitrogen and oxygen atoms in total. The van der Waals surface area contributed by atoms with E-state index >= 15 is 0 Å². The van der Waals surface area contributed by atoms with Gasteiger partial charge in [-0.1, -0.05) is 0 Å². The average molecular weight is 431 g/mol. The van der Waals surface area contributed by atoms with Gasteiger partial charge in [0.25, 0.3) is 0 Å². The lowest BCUT2D eigenvalue weighted by Crippen LogP contribution is -2.42. The van der Waals surface area contributed by atoms with E-state index in [0.717, 1.165) is 45.1 Å². The molecule has 8 heteroatoms. The van der Waals surface area contributed by atoms with Crippen LogP contribution in [0.15, 0.2) is 4.99 Å². The van der Waals surface area contributed by atoms with Crippen LogP contribution in [0.4, 0.5) is 0 Å². The minimum absolute atomic E-state index is 0. The Morgan fingerprint density at radius 1 is 1.43 bits per heavy atom. The van der Waals surface area contributed by atoms with E-state index in [1.807, 2.05) is 0 Å². The standard InChI is InChI=1S/C13H25N3O3S.HI/c1-14-12(15-6-3-9-20(2,17)18)16-7-4-13(10-16)5-8-19-11-13;/h3-11H2,1-2H3,(H,14,15);1H. The molecule has 21 heavy (non-hydrogen) atoms. The molecule has 0 radical (unpaired) electrons. The summed E-state index contributed by atoms with van der Waals surface area (Å²) in [5.41, 5.74) is 0.310. The van der Waals surface area contributed by atoms with Crippen molar-refractivity contribution in [1.82, 2.24) is 10.2 Å². The molecule has 124 valence electrons. The Hall–Kier alpha value is -0.0900. The van der Waals surface area contributed by atoms with Gasteiger partial charge < -0.3 is 15.0 Å². The van der Waals surface area contributed by atoms with Crippen LogP contribution < -0.4 is 5.32 Å². The minimum Gasteiger partial charge on any atom is -0.381 e.